The number of benzene rings is 1. The zero-order valence-corrected chi connectivity index (χ0v) is 17.2. The number of anilines is 2. The van der Waals surface area contributed by atoms with Gasteiger partial charge >= 0.3 is 6.18 Å². The molecule has 31 heavy (non-hydrogen) atoms. The van der Waals surface area contributed by atoms with Gasteiger partial charge in [0.1, 0.15) is 16.9 Å². The average Bonchev–Trinajstić information content (AvgIpc) is 3.11. The molecule has 1 unspecified atom stereocenters. The van der Waals surface area contributed by atoms with Crippen LogP contribution in [0.3, 0.4) is 0 Å². The maximum absolute atomic E-state index is 13.3. The van der Waals surface area contributed by atoms with Crippen LogP contribution >= 0.6 is 0 Å². The van der Waals surface area contributed by atoms with Gasteiger partial charge in [-0.15, -0.1) is 0 Å². The van der Waals surface area contributed by atoms with Gasteiger partial charge < -0.3 is 15.2 Å². The Bertz CT molecular complexity index is 1200. The molecule has 0 saturated carbocycles. The Morgan fingerprint density at radius 3 is 2.61 bits per heavy atom. The van der Waals surface area contributed by atoms with E-state index < -0.39 is 23.1 Å². The van der Waals surface area contributed by atoms with Gasteiger partial charge in [-0.25, -0.2) is 0 Å². The van der Waals surface area contributed by atoms with Gasteiger partial charge in [-0.2, -0.15) is 17.1 Å². The van der Waals surface area contributed by atoms with Crippen molar-refractivity contribution in [1.29, 1.82) is 0 Å². The van der Waals surface area contributed by atoms with E-state index in [1.54, 1.807) is 53.7 Å². The summed E-state index contributed by atoms with van der Waals surface area (Å²) in [7, 11) is 1.80. The molecule has 4 rings (SSSR count). The van der Waals surface area contributed by atoms with Crippen LogP contribution in [0.25, 0.3) is 10.9 Å². The van der Waals surface area contributed by atoms with Crippen molar-refractivity contribution in [2.24, 2.45) is 0 Å². The molecule has 0 bridgehead atoms. The Hall–Kier alpha value is -3.08. The quantitative estimate of drug-likeness (QED) is 0.428. The Morgan fingerprint density at radius 2 is 1.90 bits per heavy atom. The number of hydrogen-bond acceptors (Lipinski definition) is 5. The van der Waals surface area contributed by atoms with E-state index in [0.717, 1.165) is 17.1 Å². The van der Waals surface area contributed by atoms with E-state index >= 15 is 0 Å². The number of rotatable bonds is 6. The fourth-order valence-corrected chi connectivity index (χ4v) is 4.39. The van der Waals surface area contributed by atoms with Crippen LogP contribution in [-0.2, 0) is 24.1 Å². The zero-order valence-electron chi connectivity index (χ0n) is 16.3. The Morgan fingerprint density at radius 1 is 1.10 bits per heavy atom. The monoisotopic (exact) mass is 445 g/mol. The first kappa shape index (κ1) is 21.2. The second kappa shape index (κ2) is 8.58. The highest BCUT2D eigenvalue weighted by molar-refractivity contribution is 7.90. The Kier molecular flexibility index (Phi) is 5.86. The van der Waals surface area contributed by atoms with Gasteiger partial charge in [0.2, 0.25) is 0 Å². The molecule has 160 valence electrons. The molecule has 0 spiro atoms. The lowest BCUT2D eigenvalue weighted by atomic mass is 10.1. The van der Waals surface area contributed by atoms with Gasteiger partial charge in [-0.3, -0.25) is 9.97 Å². The fraction of sp³-hybridized carbons (Fsp3) is 0.143. The average molecular weight is 445 g/mol. The lowest BCUT2D eigenvalue weighted by Crippen LogP contribution is -2.12. The summed E-state index contributed by atoms with van der Waals surface area (Å²) in [5, 5.41) is 6.74. The van der Waals surface area contributed by atoms with Crippen LogP contribution in [0.1, 0.15) is 11.1 Å². The van der Waals surface area contributed by atoms with E-state index in [-0.39, 0.29) is 5.69 Å². The highest BCUT2D eigenvalue weighted by Crippen LogP contribution is 2.36. The molecule has 6 nitrogen and oxygen atoms in total. The molecule has 0 fully saturated rings. The number of hydrogen-bond donors (Lipinski definition) is 2. The predicted octanol–water partition coefficient (Wildman–Crippen LogP) is 4.48. The molecule has 0 aliphatic carbocycles. The van der Waals surface area contributed by atoms with E-state index in [9.17, 15) is 17.7 Å². The van der Waals surface area contributed by atoms with Crippen molar-refractivity contribution in [3.8, 4) is 0 Å². The summed E-state index contributed by atoms with van der Waals surface area (Å²) >= 11 is -1.57. The number of halogens is 3. The number of nitrogens with one attached hydrogen (secondary N) is 2. The molecule has 3 heterocycles. The molecule has 0 amide bonds. The first-order chi connectivity index (χ1) is 14.9. The summed E-state index contributed by atoms with van der Waals surface area (Å²) in [6.45, 7) is 0.545. The maximum Gasteiger partial charge on any atom is 0.419 e. The van der Waals surface area contributed by atoms with E-state index in [1.165, 1.54) is 18.5 Å². The highest BCUT2D eigenvalue weighted by Gasteiger charge is 2.34. The highest BCUT2D eigenvalue weighted by atomic mass is 32.2. The predicted molar refractivity (Wildman–Crippen MR) is 113 cm³/mol. The minimum absolute atomic E-state index is 0.108. The van der Waals surface area contributed by atoms with Gasteiger partial charge in [0.25, 0.3) is 0 Å². The van der Waals surface area contributed by atoms with Crippen molar-refractivity contribution >= 4 is 33.6 Å². The summed E-state index contributed by atoms with van der Waals surface area (Å²) in [4.78, 5) is 8.11. The van der Waals surface area contributed by atoms with Crippen molar-refractivity contribution < 1.29 is 17.7 Å². The lowest BCUT2D eigenvalue weighted by Gasteiger charge is -2.15. The molecule has 1 aromatic carbocycles. The van der Waals surface area contributed by atoms with Crippen molar-refractivity contribution in [2.75, 3.05) is 12.4 Å². The van der Waals surface area contributed by atoms with Crippen molar-refractivity contribution in [3.63, 3.8) is 0 Å². The molecule has 4 aromatic rings. The van der Waals surface area contributed by atoms with Gasteiger partial charge in [0, 0.05) is 36.2 Å². The minimum Gasteiger partial charge on any atom is -0.587 e. The summed E-state index contributed by atoms with van der Waals surface area (Å²) in [5.41, 5.74) is 1.01. The molecule has 2 N–H and O–H groups in total. The minimum atomic E-state index is -4.54. The second-order valence-electron chi connectivity index (χ2n) is 6.72. The van der Waals surface area contributed by atoms with Crippen LogP contribution < -0.4 is 10.6 Å². The molecule has 0 saturated heterocycles. The van der Waals surface area contributed by atoms with E-state index in [2.05, 4.69) is 20.6 Å². The van der Waals surface area contributed by atoms with Crippen LogP contribution in [0, 0.1) is 0 Å². The summed E-state index contributed by atoms with van der Waals surface area (Å²) in [6.07, 6.45) is 2.43. The third-order valence-electron chi connectivity index (χ3n) is 4.64. The van der Waals surface area contributed by atoms with Crippen LogP contribution in [-0.4, -0.2) is 25.5 Å². The van der Waals surface area contributed by atoms with Gasteiger partial charge in [0.05, 0.1) is 23.6 Å². The maximum atomic E-state index is 13.3. The smallest absolute Gasteiger partial charge is 0.419 e. The van der Waals surface area contributed by atoms with Gasteiger partial charge in [-0.1, -0.05) is 6.07 Å². The summed E-state index contributed by atoms with van der Waals surface area (Å²) < 4.78 is 54.7. The van der Waals surface area contributed by atoms with Crippen LogP contribution in [0.15, 0.2) is 72.3 Å². The number of aromatic nitrogens is 3. The third-order valence-corrected chi connectivity index (χ3v) is 5.95. The molecule has 3 aromatic heterocycles. The van der Waals surface area contributed by atoms with Crippen LogP contribution in [0.2, 0.25) is 0 Å². The summed E-state index contributed by atoms with van der Waals surface area (Å²) in [6, 6.07) is 9.86. The van der Waals surface area contributed by atoms with E-state index in [1.807, 2.05) is 0 Å². The molecule has 0 aliphatic heterocycles. The van der Waals surface area contributed by atoms with Crippen molar-refractivity contribution in [2.45, 2.75) is 17.6 Å². The normalized spacial score (nSPS) is 12.8. The van der Waals surface area contributed by atoms with Crippen molar-refractivity contribution in [3.05, 3.63) is 78.5 Å². The SMILES string of the molecule is CNCc1cn([S+]([O-])c2cccnc2)c2cc(Nc3ccncc3C(F)(F)F)ccc12. The van der Waals surface area contributed by atoms with Crippen molar-refractivity contribution in [1.82, 2.24) is 19.3 Å². The lowest BCUT2D eigenvalue weighted by molar-refractivity contribution is -0.137. The first-order valence-corrected chi connectivity index (χ1v) is 10.4. The van der Waals surface area contributed by atoms with Crippen LogP contribution in [0.4, 0.5) is 24.5 Å². The Labute approximate surface area is 179 Å². The number of alkyl halides is 3. The molecule has 0 aliphatic rings. The topological polar surface area (TPSA) is 77.8 Å². The number of pyridine rings is 2. The molecule has 0 radical (unpaired) electrons. The standard InChI is InChI=1S/C21H18F3N5OS/c1-25-10-14-13-29(31(30)16-3-2-7-26-11-16)20-9-15(4-5-17(14)20)28-19-6-8-27-12-18(19)21(22,23)24/h2-9,11-13,25H,10H2,1H3,(H,27,28). The largest absolute Gasteiger partial charge is 0.587 e. The third kappa shape index (κ3) is 4.36. The first-order valence-electron chi connectivity index (χ1n) is 9.27. The zero-order chi connectivity index (χ0) is 22.0. The summed E-state index contributed by atoms with van der Waals surface area (Å²) in [5.74, 6) is 0. The molecule has 10 heteroatoms. The molecular formula is C21H18F3N5OS. The molecule has 1 atom stereocenters. The fourth-order valence-electron chi connectivity index (χ4n) is 3.26. The molecular weight excluding hydrogens is 427 g/mol. The second-order valence-corrected chi connectivity index (χ2v) is 8.09. The number of nitrogens with zero attached hydrogens (tertiary/aromatic N) is 3. The van der Waals surface area contributed by atoms with Crippen LogP contribution in [0.5, 0.6) is 0 Å². The van der Waals surface area contributed by atoms with E-state index in [0.29, 0.717) is 22.6 Å². The van der Waals surface area contributed by atoms with E-state index in [4.69, 9.17) is 0 Å². The van der Waals surface area contributed by atoms with Gasteiger partial charge in [0.15, 0.2) is 4.90 Å². The Balaban J connectivity index is 1.78. The number of fused-ring (bicyclic) bond motifs is 1. The van der Waals surface area contributed by atoms with Gasteiger partial charge in [-0.05, 0) is 42.9 Å².